The first-order chi connectivity index (χ1) is 15.5. The number of Topliss-reactive ketones (excluding diaryl/α,β-unsaturated/α-hetero) is 1. The molecule has 0 aliphatic heterocycles. The Labute approximate surface area is 194 Å². The van der Waals surface area contributed by atoms with Crippen molar-refractivity contribution < 1.29 is 19.0 Å². The number of hydrogen-bond donors (Lipinski definition) is 0. The van der Waals surface area contributed by atoms with E-state index in [1.807, 2.05) is 0 Å². The third-order valence-electron chi connectivity index (χ3n) is 5.42. The average Bonchev–Trinajstić information content (AvgIpc) is 3.39. The number of carbonyl (C=O) groups is 1. The van der Waals surface area contributed by atoms with Gasteiger partial charge >= 0.3 is 0 Å². The van der Waals surface area contributed by atoms with Crippen molar-refractivity contribution in [1.82, 2.24) is 9.55 Å². The van der Waals surface area contributed by atoms with Crippen LogP contribution in [0.1, 0.15) is 27.2 Å². The first kappa shape index (κ1) is 22.4. The molecule has 0 spiro atoms. The van der Waals surface area contributed by atoms with Crippen LogP contribution in [0.2, 0.25) is 0 Å². The Bertz CT molecular complexity index is 1240. The molecule has 0 saturated heterocycles. The Morgan fingerprint density at radius 2 is 1.94 bits per heavy atom. The summed E-state index contributed by atoms with van der Waals surface area (Å²) in [6.07, 6.45) is 4.68. The molecule has 2 aromatic heterocycles. The van der Waals surface area contributed by atoms with Crippen LogP contribution >= 0.6 is 23.1 Å². The number of aromatic nitrogens is 2. The van der Waals surface area contributed by atoms with Crippen LogP contribution < -0.4 is 19.8 Å². The minimum Gasteiger partial charge on any atom is -0.493 e. The Balaban J connectivity index is 1.66. The maximum atomic E-state index is 13.2. The highest BCUT2D eigenvalue weighted by Gasteiger charge is 2.24. The van der Waals surface area contributed by atoms with Crippen LogP contribution in [0.3, 0.4) is 0 Å². The molecule has 1 aromatic carbocycles. The van der Waals surface area contributed by atoms with E-state index in [4.69, 9.17) is 19.2 Å². The molecule has 32 heavy (non-hydrogen) atoms. The minimum absolute atomic E-state index is 0.0583. The number of thiophene rings is 1. The zero-order valence-electron chi connectivity index (χ0n) is 18.2. The van der Waals surface area contributed by atoms with Gasteiger partial charge in [-0.05, 0) is 37.0 Å². The van der Waals surface area contributed by atoms with Crippen molar-refractivity contribution in [2.24, 2.45) is 0 Å². The Kier molecular flexibility index (Phi) is 6.57. The second kappa shape index (κ2) is 9.38. The fourth-order valence-corrected chi connectivity index (χ4v) is 6.12. The maximum absolute atomic E-state index is 13.2. The molecule has 1 aliphatic carbocycles. The van der Waals surface area contributed by atoms with E-state index in [9.17, 15) is 9.59 Å². The SMILES string of the molecule is C=CCn1c(SCC(=O)c2cc(OC)c(OC)c(OC)c2)nc2sc3c(c2c1=O)CCC3. The van der Waals surface area contributed by atoms with Crippen LogP contribution in [-0.2, 0) is 19.4 Å². The van der Waals surface area contributed by atoms with Crippen LogP contribution in [0.5, 0.6) is 17.2 Å². The molecular weight excluding hydrogens is 448 g/mol. The van der Waals surface area contributed by atoms with Crippen LogP contribution in [0.4, 0.5) is 0 Å². The van der Waals surface area contributed by atoms with Gasteiger partial charge in [-0.15, -0.1) is 17.9 Å². The summed E-state index contributed by atoms with van der Waals surface area (Å²) in [5.41, 5.74) is 1.52. The van der Waals surface area contributed by atoms with Crippen LogP contribution in [0.15, 0.2) is 34.7 Å². The van der Waals surface area contributed by atoms with E-state index in [0.717, 1.165) is 35.0 Å². The Morgan fingerprint density at radius 3 is 2.56 bits per heavy atom. The van der Waals surface area contributed by atoms with E-state index in [1.165, 1.54) is 38.0 Å². The van der Waals surface area contributed by atoms with Gasteiger partial charge in [0.2, 0.25) is 5.75 Å². The fraction of sp³-hybridized carbons (Fsp3) is 0.348. The molecule has 9 heteroatoms. The van der Waals surface area contributed by atoms with E-state index in [0.29, 0.717) is 34.5 Å². The topological polar surface area (TPSA) is 79.7 Å². The van der Waals surface area contributed by atoms with Crippen LogP contribution in [0.25, 0.3) is 10.2 Å². The maximum Gasteiger partial charge on any atom is 0.263 e. The van der Waals surface area contributed by atoms with Gasteiger partial charge in [0.15, 0.2) is 22.4 Å². The number of nitrogens with zero attached hydrogens (tertiary/aromatic N) is 2. The zero-order chi connectivity index (χ0) is 22.8. The van der Waals surface area contributed by atoms with E-state index in [1.54, 1.807) is 34.1 Å². The lowest BCUT2D eigenvalue weighted by molar-refractivity contribution is 0.102. The van der Waals surface area contributed by atoms with E-state index >= 15 is 0 Å². The quantitative estimate of drug-likeness (QED) is 0.200. The van der Waals surface area contributed by atoms with E-state index in [-0.39, 0.29) is 17.1 Å². The van der Waals surface area contributed by atoms with Gasteiger partial charge < -0.3 is 14.2 Å². The Morgan fingerprint density at radius 1 is 1.22 bits per heavy atom. The van der Waals surface area contributed by atoms with Gasteiger partial charge in [-0.2, -0.15) is 0 Å². The minimum atomic E-state index is -0.137. The number of fused-ring (bicyclic) bond motifs is 3. The fourth-order valence-electron chi connectivity index (χ4n) is 3.91. The third kappa shape index (κ3) is 3.91. The largest absolute Gasteiger partial charge is 0.493 e. The molecule has 0 bridgehead atoms. The molecule has 0 fully saturated rings. The van der Waals surface area contributed by atoms with E-state index < -0.39 is 0 Å². The van der Waals surface area contributed by atoms with Gasteiger partial charge in [0.1, 0.15) is 4.83 Å². The number of benzene rings is 1. The molecule has 0 radical (unpaired) electrons. The highest BCUT2D eigenvalue weighted by atomic mass is 32.2. The lowest BCUT2D eigenvalue weighted by atomic mass is 10.1. The molecule has 0 atom stereocenters. The molecule has 168 valence electrons. The Hall–Kier alpha value is -2.78. The van der Waals surface area contributed by atoms with Gasteiger partial charge in [0.25, 0.3) is 5.56 Å². The lowest BCUT2D eigenvalue weighted by Crippen LogP contribution is -2.23. The zero-order valence-corrected chi connectivity index (χ0v) is 19.9. The van der Waals surface area contributed by atoms with Crippen LogP contribution in [0, 0.1) is 0 Å². The number of ether oxygens (including phenoxy) is 3. The van der Waals surface area contributed by atoms with Crippen molar-refractivity contribution in [3.8, 4) is 17.2 Å². The van der Waals surface area contributed by atoms with Crippen LogP contribution in [-0.4, -0.2) is 42.4 Å². The predicted octanol–water partition coefficient (Wildman–Crippen LogP) is 4.13. The monoisotopic (exact) mass is 472 g/mol. The normalized spacial score (nSPS) is 12.6. The molecule has 0 unspecified atom stereocenters. The first-order valence-corrected chi connectivity index (χ1v) is 11.9. The summed E-state index contributed by atoms with van der Waals surface area (Å²) in [4.78, 5) is 33.0. The van der Waals surface area contributed by atoms with Crippen molar-refractivity contribution in [2.45, 2.75) is 31.0 Å². The number of hydrogen-bond acceptors (Lipinski definition) is 8. The third-order valence-corrected chi connectivity index (χ3v) is 7.58. The number of allylic oxidation sites excluding steroid dienone is 1. The van der Waals surface area contributed by atoms with Crippen molar-refractivity contribution >= 4 is 39.1 Å². The summed E-state index contributed by atoms with van der Waals surface area (Å²) in [5.74, 6) is 1.23. The summed E-state index contributed by atoms with van der Waals surface area (Å²) < 4.78 is 17.6. The number of rotatable bonds is 9. The van der Waals surface area contributed by atoms with Gasteiger partial charge in [0, 0.05) is 17.0 Å². The molecule has 1 aliphatic rings. The highest BCUT2D eigenvalue weighted by molar-refractivity contribution is 7.99. The van der Waals surface area contributed by atoms with E-state index in [2.05, 4.69) is 6.58 Å². The number of aryl methyl sites for hydroxylation is 2. The molecule has 3 aromatic rings. The number of thioether (sulfide) groups is 1. The summed E-state index contributed by atoms with van der Waals surface area (Å²) in [6, 6.07) is 3.25. The highest BCUT2D eigenvalue weighted by Crippen LogP contribution is 2.39. The molecule has 0 N–H and O–H groups in total. The summed E-state index contributed by atoms with van der Waals surface area (Å²) in [7, 11) is 4.52. The van der Waals surface area contributed by atoms with Crippen molar-refractivity contribution in [1.29, 1.82) is 0 Å². The smallest absolute Gasteiger partial charge is 0.263 e. The van der Waals surface area contributed by atoms with Crippen molar-refractivity contribution in [3.05, 3.63) is 51.1 Å². The average molecular weight is 473 g/mol. The molecule has 0 amide bonds. The summed E-state index contributed by atoms with van der Waals surface area (Å²) in [6.45, 7) is 4.12. The van der Waals surface area contributed by atoms with Gasteiger partial charge in [0.05, 0.1) is 32.5 Å². The standard InChI is InChI=1S/C23H24N2O5S2/c1-5-9-25-22(27)19-14-7-6-8-18(14)32-21(19)24-23(25)31-12-15(26)13-10-16(28-2)20(30-4)17(11-13)29-3/h5,10-11H,1,6-9,12H2,2-4H3. The molecule has 0 saturated carbocycles. The predicted molar refractivity (Wildman–Crippen MR) is 127 cm³/mol. The molecule has 2 heterocycles. The van der Waals surface area contributed by atoms with Gasteiger partial charge in [-0.1, -0.05) is 17.8 Å². The summed E-state index contributed by atoms with van der Waals surface area (Å²) in [5, 5.41) is 1.24. The molecule has 4 rings (SSSR count). The van der Waals surface area contributed by atoms with Gasteiger partial charge in [-0.25, -0.2) is 4.98 Å². The second-order valence-electron chi connectivity index (χ2n) is 7.26. The summed E-state index contributed by atoms with van der Waals surface area (Å²) >= 11 is 2.84. The number of ketones is 1. The van der Waals surface area contributed by atoms with Crippen molar-refractivity contribution in [2.75, 3.05) is 27.1 Å². The van der Waals surface area contributed by atoms with Crippen molar-refractivity contribution in [3.63, 3.8) is 0 Å². The molecular formula is C23H24N2O5S2. The number of methoxy groups -OCH3 is 3. The molecule has 7 nitrogen and oxygen atoms in total. The van der Waals surface area contributed by atoms with Gasteiger partial charge in [-0.3, -0.25) is 14.2 Å². The lowest BCUT2D eigenvalue weighted by Gasteiger charge is -2.14. The first-order valence-electron chi connectivity index (χ1n) is 10.1. The number of carbonyl (C=O) groups excluding carboxylic acids is 1. The second-order valence-corrected chi connectivity index (χ2v) is 9.29.